The molecule has 146 valence electrons. The molecular weight excluding hydrogens is 338 g/mol. The third kappa shape index (κ3) is 3.91. The first kappa shape index (κ1) is 18.5. The SMILES string of the molecule is CC(C)(O)C1C=CC2=C(C1)/C(=C/CN1CCC(N)CC1)C1=CC=CN[C@@H]1O2. The van der Waals surface area contributed by atoms with Crippen LogP contribution in [0.25, 0.3) is 0 Å². The molecule has 27 heavy (non-hydrogen) atoms. The van der Waals surface area contributed by atoms with Gasteiger partial charge in [0.1, 0.15) is 5.76 Å². The number of allylic oxidation sites excluding steroid dienone is 4. The highest BCUT2D eigenvalue weighted by Gasteiger charge is 2.36. The summed E-state index contributed by atoms with van der Waals surface area (Å²) in [4.78, 5) is 2.47. The molecule has 0 spiro atoms. The first-order valence-corrected chi connectivity index (χ1v) is 10.0. The van der Waals surface area contributed by atoms with E-state index in [1.165, 1.54) is 16.7 Å². The zero-order chi connectivity index (χ0) is 19.0. The van der Waals surface area contributed by atoms with Crippen LogP contribution in [-0.4, -0.2) is 47.5 Å². The summed E-state index contributed by atoms with van der Waals surface area (Å²) in [6, 6.07) is 0.349. The number of dihydropyridines is 1. The van der Waals surface area contributed by atoms with Gasteiger partial charge in [-0.25, -0.2) is 0 Å². The van der Waals surface area contributed by atoms with E-state index in [1.807, 2.05) is 32.2 Å². The number of ether oxygens (including phenoxy) is 1. The average Bonchev–Trinajstić information content (AvgIpc) is 2.65. The number of hydrogen-bond donors (Lipinski definition) is 3. The Kier molecular flexibility index (Phi) is 5.01. The molecule has 5 heteroatoms. The van der Waals surface area contributed by atoms with Crippen molar-refractivity contribution in [2.24, 2.45) is 11.7 Å². The molecule has 4 aliphatic rings. The molecule has 4 rings (SSSR count). The molecule has 0 aromatic carbocycles. The predicted molar refractivity (Wildman–Crippen MR) is 108 cm³/mol. The van der Waals surface area contributed by atoms with E-state index in [1.54, 1.807) is 0 Å². The highest BCUT2D eigenvalue weighted by atomic mass is 16.5. The Hall–Kier alpha value is -1.82. The molecule has 1 aliphatic carbocycles. The predicted octanol–water partition coefficient (Wildman–Crippen LogP) is 2.34. The summed E-state index contributed by atoms with van der Waals surface area (Å²) in [5, 5.41) is 13.8. The van der Waals surface area contributed by atoms with Crippen molar-refractivity contribution in [2.75, 3.05) is 19.6 Å². The molecule has 4 N–H and O–H groups in total. The zero-order valence-electron chi connectivity index (χ0n) is 16.3. The lowest BCUT2D eigenvalue weighted by atomic mass is 9.77. The van der Waals surface area contributed by atoms with Crippen LogP contribution in [0.3, 0.4) is 0 Å². The number of rotatable bonds is 3. The van der Waals surface area contributed by atoms with Crippen LogP contribution in [-0.2, 0) is 4.74 Å². The van der Waals surface area contributed by atoms with Gasteiger partial charge >= 0.3 is 0 Å². The summed E-state index contributed by atoms with van der Waals surface area (Å²) < 4.78 is 6.20. The Morgan fingerprint density at radius 3 is 2.89 bits per heavy atom. The molecular formula is C22H31N3O2. The number of likely N-dealkylation sites (tertiary alicyclic amines) is 1. The molecule has 2 atom stereocenters. The van der Waals surface area contributed by atoms with Crippen molar-refractivity contribution in [1.29, 1.82) is 0 Å². The summed E-state index contributed by atoms with van der Waals surface area (Å²) in [6.07, 6.45) is 15.3. The monoisotopic (exact) mass is 369 g/mol. The van der Waals surface area contributed by atoms with Crippen LogP contribution in [0.4, 0.5) is 0 Å². The number of fused-ring (bicyclic) bond motifs is 1. The lowest BCUT2D eigenvalue weighted by Gasteiger charge is -2.38. The smallest absolute Gasteiger partial charge is 0.196 e. The zero-order valence-corrected chi connectivity index (χ0v) is 16.3. The summed E-state index contributed by atoms with van der Waals surface area (Å²) in [5.41, 5.74) is 8.93. The minimum atomic E-state index is -0.751. The Balaban J connectivity index is 1.62. The highest BCUT2D eigenvalue weighted by molar-refractivity contribution is 5.57. The quantitative estimate of drug-likeness (QED) is 0.712. The molecule has 3 heterocycles. The van der Waals surface area contributed by atoms with Gasteiger partial charge < -0.3 is 20.9 Å². The van der Waals surface area contributed by atoms with Crippen molar-refractivity contribution in [3.8, 4) is 0 Å². The molecule has 1 unspecified atom stereocenters. The van der Waals surface area contributed by atoms with Crippen LogP contribution in [0.15, 0.2) is 59.1 Å². The Bertz CT molecular complexity index is 731. The lowest BCUT2D eigenvalue weighted by Crippen LogP contribution is -2.40. The van der Waals surface area contributed by atoms with E-state index in [2.05, 4.69) is 28.4 Å². The van der Waals surface area contributed by atoms with Gasteiger partial charge in [0.05, 0.1) is 5.60 Å². The normalized spacial score (nSPS) is 30.5. The van der Waals surface area contributed by atoms with Crippen molar-refractivity contribution < 1.29 is 9.84 Å². The van der Waals surface area contributed by atoms with Crippen molar-refractivity contribution in [3.63, 3.8) is 0 Å². The van der Waals surface area contributed by atoms with Crippen LogP contribution < -0.4 is 11.1 Å². The lowest BCUT2D eigenvalue weighted by molar-refractivity contribution is 0.0340. The molecule has 0 radical (unpaired) electrons. The number of nitrogens with zero attached hydrogens (tertiary/aromatic N) is 1. The number of piperidine rings is 1. The first-order valence-electron chi connectivity index (χ1n) is 10.0. The van der Waals surface area contributed by atoms with Gasteiger partial charge in [-0.2, -0.15) is 0 Å². The van der Waals surface area contributed by atoms with E-state index in [0.29, 0.717) is 6.04 Å². The third-order valence-electron chi connectivity index (χ3n) is 6.08. The Morgan fingerprint density at radius 1 is 1.37 bits per heavy atom. The van der Waals surface area contributed by atoms with E-state index in [-0.39, 0.29) is 12.1 Å². The minimum Gasteiger partial charge on any atom is -0.466 e. The number of nitrogens with one attached hydrogen (secondary N) is 1. The fraction of sp³-hybridized carbons (Fsp3) is 0.545. The number of hydrogen-bond acceptors (Lipinski definition) is 5. The maximum atomic E-state index is 10.5. The van der Waals surface area contributed by atoms with Crippen LogP contribution in [0.5, 0.6) is 0 Å². The van der Waals surface area contributed by atoms with Gasteiger partial charge in [0.2, 0.25) is 0 Å². The van der Waals surface area contributed by atoms with Crippen molar-refractivity contribution in [3.05, 3.63) is 59.1 Å². The van der Waals surface area contributed by atoms with Gasteiger partial charge in [0.25, 0.3) is 0 Å². The van der Waals surface area contributed by atoms with Gasteiger partial charge in [-0.3, -0.25) is 4.90 Å². The van der Waals surface area contributed by atoms with Crippen LogP contribution >= 0.6 is 0 Å². The van der Waals surface area contributed by atoms with Crippen LogP contribution in [0.1, 0.15) is 33.1 Å². The second-order valence-corrected chi connectivity index (χ2v) is 8.57. The topological polar surface area (TPSA) is 70.8 Å². The molecule has 1 saturated heterocycles. The van der Waals surface area contributed by atoms with E-state index in [9.17, 15) is 5.11 Å². The molecule has 1 fully saturated rings. The second kappa shape index (κ2) is 7.30. The second-order valence-electron chi connectivity index (χ2n) is 8.57. The Morgan fingerprint density at radius 2 is 2.15 bits per heavy atom. The summed E-state index contributed by atoms with van der Waals surface area (Å²) >= 11 is 0. The van der Waals surface area contributed by atoms with Crippen LogP contribution in [0, 0.1) is 5.92 Å². The van der Waals surface area contributed by atoms with Crippen LogP contribution in [0.2, 0.25) is 0 Å². The molecule has 0 bridgehead atoms. The molecule has 5 nitrogen and oxygen atoms in total. The molecule has 3 aliphatic heterocycles. The third-order valence-corrected chi connectivity index (χ3v) is 6.08. The van der Waals surface area contributed by atoms with Gasteiger partial charge in [0, 0.05) is 29.7 Å². The minimum absolute atomic E-state index is 0.0838. The van der Waals surface area contributed by atoms with E-state index < -0.39 is 5.60 Å². The maximum absolute atomic E-state index is 10.5. The van der Waals surface area contributed by atoms with Crippen molar-refractivity contribution in [2.45, 2.75) is 51.0 Å². The largest absolute Gasteiger partial charge is 0.466 e. The first-order chi connectivity index (χ1) is 12.9. The fourth-order valence-corrected chi connectivity index (χ4v) is 4.23. The highest BCUT2D eigenvalue weighted by Crippen LogP contribution is 2.42. The van der Waals surface area contributed by atoms with Gasteiger partial charge in [-0.05, 0) is 70.1 Å². The maximum Gasteiger partial charge on any atom is 0.196 e. The van der Waals surface area contributed by atoms with E-state index in [4.69, 9.17) is 10.5 Å². The summed E-state index contributed by atoms with van der Waals surface area (Å²) in [7, 11) is 0. The molecule has 0 saturated carbocycles. The van der Waals surface area contributed by atoms with E-state index >= 15 is 0 Å². The number of aliphatic hydroxyl groups is 1. The molecule has 0 aromatic rings. The summed E-state index contributed by atoms with van der Waals surface area (Å²) in [5.74, 6) is 1.01. The van der Waals surface area contributed by atoms with Gasteiger partial charge in [0.15, 0.2) is 6.23 Å². The average molecular weight is 370 g/mol. The van der Waals surface area contributed by atoms with Gasteiger partial charge in [-0.15, -0.1) is 0 Å². The number of nitrogens with two attached hydrogens (primary N) is 1. The van der Waals surface area contributed by atoms with Crippen molar-refractivity contribution in [1.82, 2.24) is 10.2 Å². The van der Waals surface area contributed by atoms with Gasteiger partial charge in [-0.1, -0.05) is 18.2 Å². The summed E-state index contributed by atoms with van der Waals surface area (Å²) in [6.45, 7) is 6.79. The van der Waals surface area contributed by atoms with Crippen molar-refractivity contribution >= 4 is 0 Å². The van der Waals surface area contributed by atoms with E-state index in [0.717, 1.165) is 44.7 Å². The Labute approximate surface area is 161 Å². The molecule has 0 amide bonds. The standard InChI is InChI=1S/C22H31N3O2/c1-22(2,26)15-5-6-20-19(14-15)17(18-4-3-10-24-21(18)27-20)9-13-25-11-7-16(23)8-12-25/h3-6,9-10,15-16,21,24,26H,7-8,11-14,23H2,1-2H3/b17-9+/t15?,21-/m1/s1. The fourth-order valence-electron chi connectivity index (χ4n) is 4.23. The molecule has 0 aromatic heterocycles.